The number of hydrogen-bond acceptors (Lipinski definition) is 1. The summed E-state index contributed by atoms with van der Waals surface area (Å²) in [5.74, 6) is -0.121. The Morgan fingerprint density at radius 2 is 1.80 bits per heavy atom. The van der Waals surface area contributed by atoms with Crippen molar-refractivity contribution in [3.8, 4) is 0 Å². The second kappa shape index (κ2) is 4.95. The largest absolute Gasteiger partial charge is 0.325 e. The fourth-order valence-corrected chi connectivity index (χ4v) is 2.28. The summed E-state index contributed by atoms with van der Waals surface area (Å²) in [4.78, 5) is 0. The molecule has 2 N–H and O–H groups in total. The molecule has 15 heavy (non-hydrogen) atoms. The van der Waals surface area contributed by atoms with Crippen LogP contribution in [0.2, 0.25) is 0 Å². The quantitative estimate of drug-likeness (QED) is 0.829. The molecule has 1 nitrogen and oxygen atoms in total. The molecule has 0 heterocycles. The molecule has 0 aliphatic heterocycles. The van der Waals surface area contributed by atoms with E-state index in [1.165, 1.54) is 18.9 Å². The summed E-state index contributed by atoms with van der Waals surface area (Å²) in [6.07, 6.45) is 5.11. The molecule has 0 spiro atoms. The van der Waals surface area contributed by atoms with Gasteiger partial charge in [-0.15, -0.1) is 12.4 Å². The highest BCUT2D eigenvalue weighted by Crippen LogP contribution is 2.30. The number of rotatable bonds is 2. The number of nitrogens with two attached hydrogens (primary N) is 1. The Bertz CT molecular complexity index is 321. The maximum absolute atomic E-state index is 13.4. The van der Waals surface area contributed by atoms with Gasteiger partial charge in [0.2, 0.25) is 0 Å². The van der Waals surface area contributed by atoms with Gasteiger partial charge in [0.15, 0.2) is 0 Å². The third-order valence-electron chi connectivity index (χ3n) is 3.10. The highest BCUT2D eigenvalue weighted by atomic mass is 35.5. The van der Waals surface area contributed by atoms with Gasteiger partial charge in [-0.1, -0.05) is 31.0 Å². The van der Waals surface area contributed by atoms with E-state index in [1.807, 2.05) is 12.1 Å². The Hall–Kier alpha value is -0.600. The first-order valence-electron chi connectivity index (χ1n) is 5.22. The molecule has 2 rings (SSSR count). The first kappa shape index (κ1) is 12.5. The smallest absolute Gasteiger partial charge is 0.126 e. The molecule has 1 saturated carbocycles. The molecule has 1 aliphatic carbocycles. The Morgan fingerprint density at radius 1 is 1.20 bits per heavy atom. The second-order valence-corrected chi connectivity index (χ2v) is 4.34. The molecule has 0 unspecified atom stereocenters. The van der Waals surface area contributed by atoms with Crippen molar-refractivity contribution in [2.75, 3.05) is 0 Å². The van der Waals surface area contributed by atoms with Crippen LogP contribution in [0.3, 0.4) is 0 Å². The van der Waals surface area contributed by atoms with Crippen LogP contribution in [-0.2, 0) is 6.42 Å². The van der Waals surface area contributed by atoms with Crippen LogP contribution in [0.4, 0.5) is 4.39 Å². The normalized spacial score (nSPS) is 18.5. The topological polar surface area (TPSA) is 26.0 Å². The third kappa shape index (κ3) is 2.93. The van der Waals surface area contributed by atoms with Crippen LogP contribution in [0.1, 0.15) is 31.2 Å². The lowest BCUT2D eigenvalue weighted by atomic mass is 9.90. The molecular formula is C12H17ClFN. The van der Waals surface area contributed by atoms with Crippen LogP contribution in [-0.4, -0.2) is 5.54 Å². The molecule has 0 amide bonds. The van der Waals surface area contributed by atoms with Crippen LogP contribution in [0.5, 0.6) is 0 Å². The van der Waals surface area contributed by atoms with Gasteiger partial charge in [0.1, 0.15) is 5.82 Å². The van der Waals surface area contributed by atoms with E-state index >= 15 is 0 Å². The van der Waals surface area contributed by atoms with E-state index in [4.69, 9.17) is 5.73 Å². The summed E-state index contributed by atoms with van der Waals surface area (Å²) in [7, 11) is 0. The standard InChI is InChI=1S/C12H16FN.ClH/c13-11-6-2-1-5-10(11)9-12(14)7-3-4-8-12;/h1-2,5-6H,3-4,7-9,14H2;1H. The summed E-state index contributed by atoms with van der Waals surface area (Å²) >= 11 is 0. The molecule has 0 saturated heterocycles. The van der Waals surface area contributed by atoms with Crippen molar-refractivity contribution in [1.29, 1.82) is 0 Å². The van der Waals surface area contributed by atoms with Gasteiger partial charge in [-0.25, -0.2) is 4.39 Å². The molecular weight excluding hydrogens is 213 g/mol. The van der Waals surface area contributed by atoms with Crippen molar-refractivity contribution >= 4 is 12.4 Å². The van der Waals surface area contributed by atoms with Gasteiger partial charge in [-0.05, 0) is 30.9 Å². The van der Waals surface area contributed by atoms with Crippen molar-refractivity contribution in [2.45, 2.75) is 37.6 Å². The zero-order valence-corrected chi connectivity index (χ0v) is 9.52. The lowest BCUT2D eigenvalue weighted by Crippen LogP contribution is -2.38. The van der Waals surface area contributed by atoms with Crippen molar-refractivity contribution < 1.29 is 4.39 Å². The monoisotopic (exact) mass is 229 g/mol. The first-order chi connectivity index (χ1) is 6.70. The minimum Gasteiger partial charge on any atom is -0.325 e. The molecule has 3 heteroatoms. The van der Waals surface area contributed by atoms with Crippen molar-refractivity contribution in [1.82, 2.24) is 0 Å². The molecule has 0 aromatic heterocycles. The highest BCUT2D eigenvalue weighted by molar-refractivity contribution is 5.85. The summed E-state index contributed by atoms with van der Waals surface area (Å²) in [5.41, 5.74) is 6.80. The summed E-state index contributed by atoms with van der Waals surface area (Å²) in [5, 5.41) is 0. The van der Waals surface area contributed by atoms with Gasteiger partial charge in [-0.3, -0.25) is 0 Å². The minimum atomic E-state index is -0.151. The van der Waals surface area contributed by atoms with Crippen LogP contribution < -0.4 is 5.73 Å². The fourth-order valence-electron chi connectivity index (χ4n) is 2.28. The average molecular weight is 230 g/mol. The number of halogens is 2. The zero-order valence-electron chi connectivity index (χ0n) is 8.71. The third-order valence-corrected chi connectivity index (χ3v) is 3.10. The number of hydrogen-bond donors (Lipinski definition) is 1. The Kier molecular flexibility index (Phi) is 4.12. The van der Waals surface area contributed by atoms with E-state index in [2.05, 4.69) is 0 Å². The first-order valence-corrected chi connectivity index (χ1v) is 5.22. The van der Waals surface area contributed by atoms with E-state index < -0.39 is 0 Å². The summed E-state index contributed by atoms with van der Waals surface area (Å²) < 4.78 is 13.4. The number of benzene rings is 1. The average Bonchev–Trinajstić information content (AvgIpc) is 2.57. The van der Waals surface area contributed by atoms with Crippen LogP contribution in [0.25, 0.3) is 0 Å². The van der Waals surface area contributed by atoms with E-state index in [1.54, 1.807) is 6.07 Å². The van der Waals surface area contributed by atoms with Crippen molar-refractivity contribution in [2.24, 2.45) is 5.73 Å². The SMILES string of the molecule is Cl.NC1(Cc2ccccc2F)CCCC1. The van der Waals surface area contributed by atoms with Gasteiger partial charge in [0.25, 0.3) is 0 Å². The molecule has 0 atom stereocenters. The Morgan fingerprint density at radius 3 is 2.40 bits per heavy atom. The van der Waals surface area contributed by atoms with Crippen molar-refractivity contribution in [3.63, 3.8) is 0 Å². The predicted molar refractivity (Wildman–Crippen MR) is 62.7 cm³/mol. The highest BCUT2D eigenvalue weighted by Gasteiger charge is 2.29. The van der Waals surface area contributed by atoms with Gasteiger partial charge in [0, 0.05) is 5.54 Å². The van der Waals surface area contributed by atoms with E-state index in [9.17, 15) is 4.39 Å². The van der Waals surface area contributed by atoms with Gasteiger partial charge >= 0.3 is 0 Å². The zero-order chi connectivity index (χ0) is 10.0. The minimum absolute atomic E-state index is 0. The van der Waals surface area contributed by atoms with E-state index in [0.717, 1.165) is 18.4 Å². The predicted octanol–water partition coefficient (Wildman–Crippen LogP) is 3.06. The molecule has 0 bridgehead atoms. The maximum Gasteiger partial charge on any atom is 0.126 e. The van der Waals surface area contributed by atoms with E-state index in [-0.39, 0.29) is 23.8 Å². The molecule has 1 aliphatic rings. The molecule has 1 aromatic carbocycles. The lowest BCUT2D eigenvalue weighted by Gasteiger charge is -2.23. The van der Waals surface area contributed by atoms with Crippen LogP contribution >= 0.6 is 12.4 Å². The Balaban J connectivity index is 0.00000112. The molecule has 84 valence electrons. The van der Waals surface area contributed by atoms with Crippen LogP contribution in [0, 0.1) is 5.82 Å². The van der Waals surface area contributed by atoms with E-state index in [0.29, 0.717) is 6.42 Å². The summed E-state index contributed by atoms with van der Waals surface area (Å²) in [6, 6.07) is 6.93. The Labute approximate surface area is 96.3 Å². The summed E-state index contributed by atoms with van der Waals surface area (Å²) in [6.45, 7) is 0. The van der Waals surface area contributed by atoms with Crippen molar-refractivity contribution in [3.05, 3.63) is 35.6 Å². The molecule has 1 fully saturated rings. The van der Waals surface area contributed by atoms with Gasteiger partial charge < -0.3 is 5.73 Å². The second-order valence-electron chi connectivity index (χ2n) is 4.34. The van der Waals surface area contributed by atoms with Gasteiger partial charge in [0.05, 0.1) is 0 Å². The molecule has 1 aromatic rings. The van der Waals surface area contributed by atoms with Crippen LogP contribution in [0.15, 0.2) is 24.3 Å². The fraction of sp³-hybridized carbons (Fsp3) is 0.500. The molecule has 0 radical (unpaired) electrons. The maximum atomic E-state index is 13.4. The lowest BCUT2D eigenvalue weighted by molar-refractivity contribution is 0.427. The van der Waals surface area contributed by atoms with Gasteiger partial charge in [-0.2, -0.15) is 0 Å².